The van der Waals surface area contributed by atoms with Crippen molar-refractivity contribution in [2.45, 2.75) is 65.5 Å². The minimum Gasteiger partial charge on any atom is -0.507 e. The first kappa shape index (κ1) is 30.0. The van der Waals surface area contributed by atoms with Crippen LogP contribution in [0.15, 0.2) is 42.0 Å². The highest BCUT2D eigenvalue weighted by Gasteiger charge is 2.46. The van der Waals surface area contributed by atoms with Crippen LogP contribution in [0.2, 0.25) is 0 Å². The molecule has 1 saturated heterocycles. The van der Waals surface area contributed by atoms with Crippen molar-refractivity contribution in [3.05, 3.63) is 58.7 Å². The van der Waals surface area contributed by atoms with Gasteiger partial charge in [-0.1, -0.05) is 26.8 Å². The van der Waals surface area contributed by atoms with Crippen molar-refractivity contribution in [1.82, 2.24) is 4.90 Å². The van der Waals surface area contributed by atoms with E-state index in [4.69, 9.17) is 18.9 Å². The normalized spacial score (nSPS) is 17.2. The monoisotopic (exact) mass is 539 g/mol. The second-order valence-electron chi connectivity index (χ2n) is 10.8. The summed E-state index contributed by atoms with van der Waals surface area (Å²) in [6.45, 7) is 13.1. The summed E-state index contributed by atoms with van der Waals surface area (Å²) >= 11 is 0. The lowest BCUT2D eigenvalue weighted by Crippen LogP contribution is -2.31. The highest BCUT2D eigenvalue weighted by atomic mass is 16.5. The van der Waals surface area contributed by atoms with Crippen LogP contribution in [0.1, 0.15) is 70.7 Å². The summed E-state index contributed by atoms with van der Waals surface area (Å²) in [6.07, 6.45) is 0.462. The third-order valence-electron chi connectivity index (χ3n) is 6.51. The third kappa shape index (κ3) is 6.56. The number of amides is 1. The zero-order valence-corrected chi connectivity index (χ0v) is 24.3. The third-order valence-corrected chi connectivity index (χ3v) is 6.51. The summed E-state index contributed by atoms with van der Waals surface area (Å²) in [7, 11) is 3.12. The average molecular weight is 540 g/mol. The fourth-order valence-corrected chi connectivity index (χ4v) is 4.74. The maximum absolute atomic E-state index is 13.4. The number of ketones is 1. The van der Waals surface area contributed by atoms with Gasteiger partial charge in [0.2, 0.25) is 0 Å². The summed E-state index contributed by atoms with van der Waals surface area (Å²) in [5.41, 5.74) is 1.70. The Morgan fingerprint density at radius 2 is 1.72 bits per heavy atom. The molecule has 0 aromatic heterocycles. The van der Waals surface area contributed by atoms with Gasteiger partial charge >= 0.3 is 0 Å². The molecule has 8 heteroatoms. The largest absolute Gasteiger partial charge is 0.507 e. The maximum atomic E-state index is 13.4. The number of carbonyl (C=O) groups is 2. The Labute approximate surface area is 231 Å². The van der Waals surface area contributed by atoms with E-state index in [0.29, 0.717) is 48.0 Å². The molecule has 2 aromatic carbocycles. The van der Waals surface area contributed by atoms with Crippen molar-refractivity contribution in [2.24, 2.45) is 0 Å². The van der Waals surface area contributed by atoms with Crippen LogP contribution in [0.25, 0.3) is 5.76 Å². The fourth-order valence-electron chi connectivity index (χ4n) is 4.74. The van der Waals surface area contributed by atoms with Gasteiger partial charge in [-0.05, 0) is 68.5 Å². The minimum atomic E-state index is -0.812. The van der Waals surface area contributed by atoms with Gasteiger partial charge in [0, 0.05) is 31.4 Å². The standard InChI is InChI=1S/C31H41NO7/c1-9-38-23-13-12-21(17-22(23)31(4,5)6)28(33)26-27(32(15-10-16-36-7)30(35)29(26)34)20-11-14-24(39-19(2)3)25(18-20)37-8/h11-14,17-19,27,33H,9-10,15-16H2,1-8H3/b28-26+. The number of hydrogen-bond acceptors (Lipinski definition) is 7. The first-order valence-electron chi connectivity index (χ1n) is 13.3. The predicted molar refractivity (Wildman–Crippen MR) is 151 cm³/mol. The van der Waals surface area contributed by atoms with E-state index in [0.717, 1.165) is 5.56 Å². The van der Waals surface area contributed by atoms with Crippen LogP contribution in [-0.2, 0) is 19.7 Å². The zero-order valence-electron chi connectivity index (χ0n) is 24.3. The van der Waals surface area contributed by atoms with Crippen molar-refractivity contribution < 1.29 is 33.6 Å². The topological polar surface area (TPSA) is 94.5 Å². The summed E-state index contributed by atoms with van der Waals surface area (Å²) < 4.78 is 22.4. The molecule has 1 heterocycles. The smallest absolute Gasteiger partial charge is 0.295 e. The number of nitrogens with zero attached hydrogens (tertiary/aromatic N) is 1. The van der Waals surface area contributed by atoms with E-state index >= 15 is 0 Å². The Morgan fingerprint density at radius 1 is 1.03 bits per heavy atom. The summed E-state index contributed by atoms with van der Waals surface area (Å²) in [6, 6.07) is 9.84. The molecule has 0 aliphatic carbocycles. The average Bonchev–Trinajstić information content (AvgIpc) is 3.13. The number of Topliss-reactive ketones (excluding diaryl/α,β-unsaturated/α-hetero) is 1. The Kier molecular flexibility index (Phi) is 9.67. The predicted octanol–water partition coefficient (Wildman–Crippen LogP) is 5.64. The number of methoxy groups -OCH3 is 2. The molecule has 39 heavy (non-hydrogen) atoms. The summed E-state index contributed by atoms with van der Waals surface area (Å²) in [4.78, 5) is 28.2. The van der Waals surface area contributed by atoms with Gasteiger partial charge in [-0.25, -0.2) is 0 Å². The molecule has 1 aliphatic rings. The molecular formula is C31H41NO7. The number of likely N-dealkylation sites (tertiary alicyclic amines) is 1. The van der Waals surface area contributed by atoms with Crippen LogP contribution in [0.5, 0.6) is 17.2 Å². The molecule has 1 aliphatic heterocycles. The van der Waals surface area contributed by atoms with Gasteiger partial charge in [-0.2, -0.15) is 0 Å². The number of benzene rings is 2. The van der Waals surface area contributed by atoms with E-state index < -0.39 is 17.7 Å². The van der Waals surface area contributed by atoms with E-state index in [1.54, 1.807) is 37.4 Å². The van der Waals surface area contributed by atoms with Crippen LogP contribution in [0.3, 0.4) is 0 Å². The molecule has 212 valence electrons. The number of ether oxygens (including phenoxy) is 4. The summed E-state index contributed by atoms with van der Waals surface area (Å²) in [5.74, 6) is 0.101. The van der Waals surface area contributed by atoms with Gasteiger partial charge in [0.25, 0.3) is 11.7 Å². The molecule has 1 fully saturated rings. The van der Waals surface area contributed by atoms with Gasteiger partial charge in [0.1, 0.15) is 11.5 Å². The van der Waals surface area contributed by atoms with E-state index in [2.05, 4.69) is 20.8 Å². The second kappa shape index (κ2) is 12.6. The number of hydrogen-bond donors (Lipinski definition) is 1. The molecule has 0 spiro atoms. The Bertz CT molecular complexity index is 1230. The molecule has 1 atom stereocenters. The highest BCUT2D eigenvalue weighted by molar-refractivity contribution is 6.46. The Hall–Kier alpha value is -3.52. The number of aliphatic hydroxyl groups excluding tert-OH is 1. The Morgan fingerprint density at radius 3 is 2.31 bits per heavy atom. The van der Waals surface area contributed by atoms with Crippen LogP contribution in [0, 0.1) is 0 Å². The van der Waals surface area contributed by atoms with Crippen molar-refractivity contribution >= 4 is 17.4 Å². The van der Waals surface area contributed by atoms with Gasteiger partial charge in [-0.3, -0.25) is 9.59 Å². The van der Waals surface area contributed by atoms with Gasteiger partial charge in [0.05, 0.1) is 31.4 Å². The molecule has 0 radical (unpaired) electrons. The van der Waals surface area contributed by atoms with E-state index in [1.165, 1.54) is 12.0 Å². The molecule has 0 bridgehead atoms. The van der Waals surface area contributed by atoms with Crippen LogP contribution >= 0.6 is 0 Å². The molecule has 1 N–H and O–H groups in total. The van der Waals surface area contributed by atoms with Crippen LogP contribution < -0.4 is 14.2 Å². The van der Waals surface area contributed by atoms with E-state index in [9.17, 15) is 14.7 Å². The molecule has 3 rings (SSSR count). The van der Waals surface area contributed by atoms with E-state index in [-0.39, 0.29) is 29.4 Å². The van der Waals surface area contributed by atoms with Crippen molar-refractivity contribution in [2.75, 3.05) is 34.0 Å². The molecule has 0 saturated carbocycles. The second-order valence-corrected chi connectivity index (χ2v) is 10.8. The quantitative estimate of drug-likeness (QED) is 0.171. The Balaban J connectivity index is 2.21. The molecule has 8 nitrogen and oxygen atoms in total. The van der Waals surface area contributed by atoms with Crippen LogP contribution in [0.4, 0.5) is 0 Å². The minimum absolute atomic E-state index is 0.0287. The fraction of sp³-hybridized carbons (Fsp3) is 0.484. The molecular weight excluding hydrogens is 498 g/mol. The maximum Gasteiger partial charge on any atom is 0.295 e. The molecule has 2 aromatic rings. The van der Waals surface area contributed by atoms with Gasteiger partial charge in [0.15, 0.2) is 11.5 Å². The first-order valence-corrected chi connectivity index (χ1v) is 13.3. The zero-order chi connectivity index (χ0) is 28.9. The SMILES string of the molecule is CCOc1ccc(/C(O)=C2\C(=O)C(=O)N(CCCOC)C2c2ccc(OC(C)C)c(OC)c2)cc1C(C)(C)C. The van der Waals surface area contributed by atoms with E-state index in [1.807, 2.05) is 26.8 Å². The molecule has 1 unspecified atom stereocenters. The number of aliphatic hydroxyl groups is 1. The number of carbonyl (C=O) groups excluding carboxylic acids is 2. The van der Waals surface area contributed by atoms with Gasteiger partial charge < -0.3 is 29.0 Å². The molecule has 1 amide bonds. The van der Waals surface area contributed by atoms with Gasteiger partial charge in [-0.15, -0.1) is 0 Å². The lowest BCUT2D eigenvalue weighted by atomic mass is 9.84. The van der Waals surface area contributed by atoms with Crippen LogP contribution in [-0.4, -0.2) is 61.8 Å². The summed E-state index contributed by atoms with van der Waals surface area (Å²) in [5, 5.41) is 11.6. The highest BCUT2D eigenvalue weighted by Crippen LogP contribution is 2.43. The number of rotatable bonds is 11. The lowest BCUT2D eigenvalue weighted by Gasteiger charge is -2.26. The van der Waals surface area contributed by atoms with Crippen molar-refractivity contribution in [3.63, 3.8) is 0 Å². The van der Waals surface area contributed by atoms with Crippen molar-refractivity contribution in [1.29, 1.82) is 0 Å². The lowest BCUT2D eigenvalue weighted by molar-refractivity contribution is -0.140. The first-order chi connectivity index (χ1) is 18.4. The van der Waals surface area contributed by atoms with Crippen molar-refractivity contribution in [3.8, 4) is 17.2 Å².